The zero-order valence-corrected chi connectivity index (χ0v) is 20.8. The second kappa shape index (κ2) is 12.9. The molecular formula is C30H26N2O7. The third-order valence-corrected chi connectivity index (χ3v) is 5.59. The van der Waals surface area contributed by atoms with Gasteiger partial charge in [0.05, 0.1) is 11.1 Å². The van der Waals surface area contributed by atoms with E-state index in [-0.39, 0.29) is 59.7 Å². The maximum Gasteiger partial charge on any atom is 0.271 e. The third-order valence-electron chi connectivity index (χ3n) is 5.59. The van der Waals surface area contributed by atoms with Crippen molar-refractivity contribution < 1.29 is 34.1 Å². The van der Waals surface area contributed by atoms with Gasteiger partial charge in [0.25, 0.3) is 5.91 Å². The molecule has 0 heterocycles. The van der Waals surface area contributed by atoms with Gasteiger partial charge in [-0.05, 0) is 24.3 Å². The number of carbonyl (C=O) groups excluding carboxylic acids is 3. The number of phenols is 2. The smallest absolute Gasteiger partial charge is 0.271 e. The number of ketones is 2. The van der Waals surface area contributed by atoms with Crippen LogP contribution in [0.15, 0.2) is 97.1 Å². The Morgan fingerprint density at radius 3 is 1.62 bits per heavy atom. The molecule has 4 aromatic rings. The molecule has 39 heavy (non-hydrogen) atoms. The fraction of sp³-hybridized carbons (Fsp3) is 0.100. The zero-order chi connectivity index (χ0) is 27.6. The van der Waals surface area contributed by atoms with Gasteiger partial charge in [-0.25, -0.2) is 5.43 Å². The highest BCUT2D eigenvalue weighted by atomic mass is 16.5. The summed E-state index contributed by atoms with van der Waals surface area (Å²) in [5, 5.41) is 20.5. The molecule has 0 bridgehead atoms. The number of rotatable bonds is 12. The standard InChI is InChI=1S/C30H26N2O7/c33-26-17-22(11-13-24(26)29(36)20-7-3-1-4-8-20)38-16-15-31-32-28(35)19-39-23-12-14-25(27(34)18-23)30(37)21-9-5-2-6-10-21/h1-14,17-18,31,33-34H,15-16,19H2,(H,32,35). The van der Waals surface area contributed by atoms with E-state index in [1.807, 2.05) is 0 Å². The molecule has 4 N–H and O–H groups in total. The van der Waals surface area contributed by atoms with Crippen molar-refractivity contribution >= 4 is 17.5 Å². The molecule has 4 rings (SSSR count). The van der Waals surface area contributed by atoms with Gasteiger partial charge in [0.2, 0.25) is 0 Å². The van der Waals surface area contributed by atoms with Crippen molar-refractivity contribution in [1.29, 1.82) is 0 Å². The normalized spacial score (nSPS) is 10.5. The highest BCUT2D eigenvalue weighted by Crippen LogP contribution is 2.27. The SMILES string of the molecule is O=C(COc1ccc(C(=O)c2ccccc2)c(O)c1)NNCCOc1ccc(C(=O)c2ccccc2)c(O)c1. The summed E-state index contributed by atoms with van der Waals surface area (Å²) < 4.78 is 10.9. The monoisotopic (exact) mass is 526 g/mol. The van der Waals surface area contributed by atoms with Crippen LogP contribution in [0.2, 0.25) is 0 Å². The summed E-state index contributed by atoms with van der Waals surface area (Å²) in [6, 6.07) is 25.9. The van der Waals surface area contributed by atoms with E-state index in [1.54, 1.807) is 66.7 Å². The average molecular weight is 527 g/mol. The summed E-state index contributed by atoms with van der Waals surface area (Å²) in [7, 11) is 0. The van der Waals surface area contributed by atoms with Crippen LogP contribution in [0.5, 0.6) is 23.0 Å². The molecule has 0 aliphatic rings. The van der Waals surface area contributed by atoms with E-state index in [1.165, 1.54) is 30.3 Å². The van der Waals surface area contributed by atoms with Crippen LogP contribution in [-0.4, -0.2) is 47.4 Å². The number of hydrogen-bond acceptors (Lipinski definition) is 8. The maximum atomic E-state index is 12.5. The molecule has 0 saturated heterocycles. The summed E-state index contributed by atoms with van der Waals surface area (Å²) >= 11 is 0. The fourth-order valence-corrected chi connectivity index (χ4v) is 3.64. The minimum absolute atomic E-state index is 0.130. The van der Waals surface area contributed by atoms with Gasteiger partial charge in [-0.2, -0.15) is 0 Å². The van der Waals surface area contributed by atoms with Crippen LogP contribution in [0, 0.1) is 0 Å². The number of carbonyl (C=O) groups is 3. The van der Waals surface area contributed by atoms with Gasteiger partial charge in [0.15, 0.2) is 18.2 Å². The molecule has 0 aliphatic heterocycles. The zero-order valence-electron chi connectivity index (χ0n) is 20.8. The Bertz CT molecular complexity index is 1460. The summed E-state index contributed by atoms with van der Waals surface area (Å²) in [6.07, 6.45) is 0. The van der Waals surface area contributed by atoms with E-state index in [4.69, 9.17) is 9.47 Å². The lowest BCUT2D eigenvalue weighted by Crippen LogP contribution is -2.42. The van der Waals surface area contributed by atoms with Gasteiger partial charge in [0.1, 0.15) is 29.6 Å². The quantitative estimate of drug-likeness (QED) is 0.125. The van der Waals surface area contributed by atoms with Crippen molar-refractivity contribution in [3.05, 3.63) is 119 Å². The number of aromatic hydroxyl groups is 2. The number of hydrazine groups is 1. The van der Waals surface area contributed by atoms with Crippen molar-refractivity contribution in [1.82, 2.24) is 10.9 Å². The first kappa shape index (κ1) is 26.9. The summed E-state index contributed by atoms with van der Waals surface area (Å²) in [6.45, 7) is 0.0790. The highest BCUT2D eigenvalue weighted by Gasteiger charge is 2.15. The molecule has 0 fully saturated rings. The Morgan fingerprint density at radius 2 is 1.13 bits per heavy atom. The average Bonchev–Trinajstić information content (AvgIpc) is 2.96. The lowest BCUT2D eigenvalue weighted by Gasteiger charge is -2.11. The Kier molecular flexibility index (Phi) is 8.89. The molecule has 9 nitrogen and oxygen atoms in total. The Morgan fingerprint density at radius 1 is 0.641 bits per heavy atom. The van der Waals surface area contributed by atoms with Gasteiger partial charge in [-0.1, -0.05) is 60.7 Å². The van der Waals surface area contributed by atoms with Crippen LogP contribution in [0.1, 0.15) is 31.8 Å². The lowest BCUT2D eigenvalue weighted by atomic mass is 10.0. The highest BCUT2D eigenvalue weighted by molar-refractivity contribution is 6.11. The molecule has 9 heteroatoms. The van der Waals surface area contributed by atoms with Crippen LogP contribution < -0.4 is 20.3 Å². The van der Waals surface area contributed by atoms with Crippen LogP contribution in [0.3, 0.4) is 0 Å². The van der Waals surface area contributed by atoms with E-state index in [9.17, 15) is 24.6 Å². The predicted octanol–water partition coefficient (Wildman–Crippen LogP) is 3.64. The molecule has 0 aromatic heterocycles. The molecule has 0 spiro atoms. The first-order valence-electron chi connectivity index (χ1n) is 12.0. The predicted molar refractivity (Wildman–Crippen MR) is 143 cm³/mol. The Labute approximate surface area is 224 Å². The van der Waals surface area contributed by atoms with Gasteiger partial charge >= 0.3 is 0 Å². The van der Waals surface area contributed by atoms with E-state index in [2.05, 4.69) is 10.9 Å². The molecule has 198 valence electrons. The molecule has 0 atom stereocenters. The first-order valence-corrected chi connectivity index (χ1v) is 12.0. The summed E-state index contributed by atoms with van der Waals surface area (Å²) in [4.78, 5) is 37.1. The van der Waals surface area contributed by atoms with Gasteiger partial charge in [-0.3, -0.25) is 19.8 Å². The molecule has 1 amide bonds. The molecule has 0 aliphatic carbocycles. The second-order valence-corrected chi connectivity index (χ2v) is 8.36. The summed E-state index contributed by atoms with van der Waals surface area (Å²) in [5.41, 5.74) is 6.37. The fourth-order valence-electron chi connectivity index (χ4n) is 3.64. The minimum Gasteiger partial charge on any atom is -0.507 e. The van der Waals surface area contributed by atoms with E-state index >= 15 is 0 Å². The maximum absolute atomic E-state index is 12.5. The lowest BCUT2D eigenvalue weighted by molar-refractivity contribution is -0.124. The molecule has 0 radical (unpaired) electrons. The molecule has 0 saturated carbocycles. The van der Waals surface area contributed by atoms with E-state index < -0.39 is 5.91 Å². The minimum atomic E-state index is -0.472. The van der Waals surface area contributed by atoms with Crippen LogP contribution >= 0.6 is 0 Å². The van der Waals surface area contributed by atoms with Gasteiger partial charge < -0.3 is 19.7 Å². The van der Waals surface area contributed by atoms with Crippen molar-refractivity contribution in [3.63, 3.8) is 0 Å². The van der Waals surface area contributed by atoms with Crippen LogP contribution in [-0.2, 0) is 4.79 Å². The number of phenolic OH excluding ortho intramolecular Hbond substituents is 2. The number of amides is 1. The Hall–Kier alpha value is -5.15. The first-order chi connectivity index (χ1) is 18.9. The molecule has 4 aromatic carbocycles. The van der Waals surface area contributed by atoms with Crippen molar-refractivity contribution in [2.24, 2.45) is 0 Å². The largest absolute Gasteiger partial charge is 0.507 e. The Balaban J connectivity index is 1.17. The van der Waals surface area contributed by atoms with Gasteiger partial charge in [0, 0.05) is 29.8 Å². The number of benzene rings is 4. The number of ether oxygens (including phenoxy) is 2. The van der Waals surface area contributed by atoms with Crippen molar-refractivity contribution in [3.8, 4) is 23.0 Å². The summed E-state index contributed by atoms with van der Waals surface area (Å²) in [5.74, 6) is -0.940. The number of nitrogens with one attached hydrogen (secondary N) is 2. The molecule has 0 unspecified atom stereocenters. The van der Waals surface area contributed by atoms with Crippen molar-refractivity contribution in [2.75, 3.05) is 19.8 Å². The van der Waals surface area contributed by atoms with Crippen molar-refractivity contribution in [2.45, 2.75) is 0 Å². The van der Waals surface area contributed by atoms with E-state index in [0.29, 0.717) is 16.9 Å². The second-order valence-electron chi connectivity index (χ2n) is 8.36. The topological polar surface area (TPSA) is 134 Å². The van der Waals surface area contributed by atoms with Crippen LogP contribution in [0.25, 0.3) is 0 Å². The molecular weight excluding hydrogens is 500 g/mol. The third kappa shape index (κ3) is 7.21. The van der Waals surface area contributed by atoms with E-state index in [0.717, 1.165) is 0 Å². The van der Waals surface area contributed by atoms with Gasteiger partial charge in [-0.15, -0.1) is 0 Å². The number of hydrogen-bond donors (Lipinski definition) is 4. The van der Waals surface area contributed by atoms with Crippen LogP contribution in [0.4, 0.5) is 0 Å².